The highest BCUT2D eigenvalue weighted by molar-refractivity contribution is 6.04. The fourth-order valence-corrected chi connectivity index (χ4v) is 1.99. The minimum atomic E-state index is -0.00731. The maximum Gasteiger partial charge on any atom is 0.180 e. The molecule has 0 N–H and O–H groups in total. The van der Waals surface area contributed by atoms with E-state index in [-0.39, 0.29) is 24.2 Å². The van der Waals surface area contributed by atoms with Gasteiger partial charge in [-0.3, -0.25) is 9.69 Å². The van der Waals surface area contributed by atoms with Crippen LogP contribution in [0.15, 0.2) is 18.2 Å². The normalized spacial score (nSPS) is 18.2. The highest BCUT2D eigenvalue weighted by Gasteiger charge is 2.31. The van der Waals surface area contributed by atoms with Crippen molar-refractivity contribution >= 4 is 18.2 Å². The molecule has 0 aliphatic heterocycles. The Hall–Kier alpha value is -1.06. The molecule has 0 radical (unpaired) electrons. The van der Waals surface area contributed by atoms with Crippen LogP contribution in [-0.2, 0) is 6.42 Å². The molecular weight excluding hydrogens is 226 g/mol. The second-order valence-electron chi connectivity index (χ2n) is 4.07. The fourth-order valence-electron chi connectivity index (χ4n) is 1.99. The maximum atomic E-state index is 12.0. The number of hydrogen-bond donors (Lipinski definition) is 0. The van der Waals surface area contributed by atoms with E-state index in [9.17, 15) is 4.79 Å². The molecule has 2 rings (SSSR count). The number of halogens is 1. The van der Waals surface area contributed by atoms with Gasteiger partial charge >= 0.3 is 0 Å². The summed E-state index contributed by atoms with van der Waals surface area (Å²) < 4.78 is 5.12. The van der Waals surface area contributed by atoms with Gasteiger partial charge in [0.25, 0.3) is 0 Å². The van der Waals surface area contributed by atoms with Gasteiger partial charge < -0.3 is 4.74 Å². The topological polar surface area (TPSA) is 29.5 Å². The predicted molar refractivity (Wildman–Crippen MR) is 65.8 cm³/mol. The molecule has 4 heteroatoms. The number of rotatable bonds is 2. The lowest BCUT2D eigenvalue weighted by Gasteiger charge is -2.16. The molecule has 0 bridgehead atoms. The van der Waals surface area contributed by atoms with Crippen LogP contribution in [0.25, 0.3) is 0 Å². The van der Waals surface area contributed by atoms with Gasteiger partial charge in [0.05, 0.1) is 13.2 Å². The summed E-state index contributed by atoms with van der Waals surface area (Å²) in [4.78, 5) is 14.0. The Morgan fingerprint density at radius 2 is 2.06 bits per heavy atom. The maximum absolute atomic E-state index is 12.0. The summed E-state index contributed by atoms with van der Waals surface area (Å²) in [5.41, 5.74) is 1.94. The molecule has 16 heavy (non-hydrogen) atoms. The summed E-state index contributed by atoms with van der Waals surface area (Å²) in [7, 11) is 5.49. The van der Waals surface area contributed by atoms with Crippen molar-refractivity contribution in [2.24, 2.45) is 0 Å². The summed E-state index contributed by atoms with van der Waals surface area (Å²) >= 11 is 0. The first-order chi connectivity index (χ1) is 7.13. The first-order valence-electron chi connectivity index (χ1n) is 5.01. The van der Waals surface area contributed by atoms with E-state index >= 15 is 0 Å². The average molecular weight is 242 g/mol. The van der Waals surface area contributed by atoms with Gasteiger partial charge in [0, 0.05) is 5.56 Å². The standard InChI is InChI=1S/C12H15NO2.ClH/c1-13(2)11-6-8-4-5-9(15-3)7-10(8)12(11)14;/h4-5,7,11H,6H2,1-3H3;1H. The second-order valence-corrected chi connectivity index (χ2v) is 4.07. The molecule has 1 aliphatic carbocycles. The van der Waals surface area contributed by atoms with Crippen LogP contribution in [0.3, 0.4) is 0 Å². The first kappa shape index (κ1) is 13.0. The van der Waals surface area contributed by atoms with E-state index in [1.54, 1.807) is 7.11 Å². The van der Waals surface area contributed by atoms with Gasteiger partial charge in [-0.15, -0.1) is 12.4 Å². The molecule has 1 aliphatic rings. The Morgan fingerprint density at radius 3 is 2.62 bits per heavy atom. The van der Waals surface area contributed by atoms with Crippen LogP contribution in [0.2, 0.25) is 0 Å². The van der Waals surface area contributed by atoms with E-state index in [1.807, 2.05) is 37.2 Å². The number of likely N-dealkylation sites (N-methyl/N-ethyl adjacent to an activating group) is 1. The number of carbonyl (C=O) groups excluding carboxylic acids is 1. The van der Waals surface area contributed by atoms with Crippen molar-refractivity contribution in [1.29, 1.82) is 0 Å². The quantitative estimate of drug-likeness (QED) is 0.791. The van der Waals surface area contributed by atoms with Gasteiger partial charge in [-0.2, -0.15) is 0 Å². The van der Waals surface area contributed by atoms with Crippen molar-refractivity contribution < 1.29 is 9.53 Å². The first-order valence-corrected chi connectivity index (χ1v) is 5.01. The predicted octanol–water partition coefficient (Wildman–Crippen LogP) is 1.79. The van der Waals surface area contributed by atoms with Crippen molar-refractivity contribution in [2.75, 3.05) is 21.2 Å². The molecule has 88 valence electrons. The summed E-state index contributed by atoms with van der Waals surface area (Å²) in [5.74, 6) is 0.954. The molecule has 1 unspecified atom stereocenters. The van der Waals surface area contributed by atoms with E-state index < -0.39 is 0 Å². The van der Waals surface area contributed by atoms with Gasteiger partial charge in [-0.25, -0.2) is 0 Å². The van der Waals surface area contributed by atoms with Crippen molar-refractivity contribution in [2.45, 2.75) is 12.5 Å². The number of fused-ring (bicyclic) bond motifs is 1. The lowest BCUT2D eigenvalue weighted by Crippen LogP contribution is -2.33. The zero-order chi connectivity index (χ0) is 11.0. The van der Waals surface area contributed by atoms with Gasteiger partial charge in [0.2, 0.25) is 0 Å². The lowest BCUT2D eigenvalue weighted by molar-refractivity contribution is 0.0896. The molecule has 0 saturated carbocycles. The van der Waals surface area contributed by atoms with Crippen LogP contribution in [0.1, 0.15) is 15.9 Å². The summed E-state index contributed by atoms with van der Waals surface area (Å²) in [6.45, 7) is 0. The number of hydrogen-bond acceptors (Lipinski definition) is 3. The lowest BCUT2D eigenvalue weighted by atomic mass is 10.1. The smallest absolute Gasteiger partial charge is 0.180 e. The molecular formula is C12H16ClNO2. The summed E-state index contributed by atoms with van der Waals surface area (Å²) in [6, 6.07) is 5.72. The Kier molecular flexibility index (Phi) is 3.94. The van der Waals surface area contributed by atoms with Gasteiger partial charge in [0.1, 0.15) is 5.75 Å². The zero-order valence-electron chi connectivity index (χ0n) is 9.69. The molecule has 0 amide bonds. The van der Waals surface area contributed by atoms with E-state index in [2.05, 4.69) is 0 Å². The highest BCUT2D eigenvalue weighted by atomic mass is 35.5. The molecule has 0 aromatic heterocycles. The Labute approximate surface area is 102 Å². The van der Waals surface area contributed by atoms with Crippen molar-refractivity contribution in [1.82, 2.24) is 4.90 Å². The van der Waals surface area contributed by atoms with Crippen LogP contribution < -0.4 is 4.74 Å². The number of ketones is 1. The number of methoxy groups -OCH3 is 1. The molecule has 0 spiro atoms. The third-order valence-corrected chi connectivity index (χ3v) is 2.92. The monoisotopic (exact) mass is 241 g/mol. The number of nitrogens with zero attached hydrogens (tertiary/aromatic N) is 1. The van der Waals surface area contributed by atoms with E-state index in [0.29, 0.717) is 0 Å². The molecule has 0 fully saturated rings. The van der Waals surface area contributed by atoms with Crippen LogP contribution >= 0.6 is 12.4 Å². The Bertz CT molecular complexity index is 404. The molecule has 0 heterocycles. The van der Waals surface area contributed by atoms with Gasteiger partial charge in [0.15, 0.2) is 5.78 Å². The van der Waals surface area contributed by atoms with Crippen LogP contribution in [-0.4, -0.2) is 37.9 Å². The zero-order valence-corrected chi connectivity index (χ0v) is 10.5. The van der Waals surface area contributed by atoms with Gasteiger partial charge in [-0.05, 0) is 38.2 Å². The van der Waals surface area contributed by atoms with Crippen LogP contribution in [0.5, 0.6) is 5.75 Å². The molecule has 0 saturated heterocycles. The Morgan fingerprint density at radius 1 is 1.38 bits per heavy atom. The number of ether oxygens (including phenoxy) is 1. The molecule has 3 nitrogen and oxygen atoms in total. The van der Waals surface area contributed by atoms with Crippen molar-refractivity contribution in [3.8, 4) is 5.75 Å². The second kappa shape index (κ2) is 4.85. The highest BCUT2D eigenvalue weighted by Crippen LogP contribution is 2.27. The fraction of sp³-hybridized carbons (Fsp3) is 0.417. The van der Waals surface area contributed by atoms with E-state index in [4.69, 9.17) is 4.74 Å². The SMILES string of the molecule is COc1ccc2c(c1)C(=O)C(N(C)C)C2.Cl. The molecule has 1 aromatic rings. The summed E-state index contributed by atoms with van der Waals surface area (Å²) in [5, 5.41) is 0. The number of Topliss-reactive ketones (excluding diaryl/α,β-unsaturated/α-hetero) is 1. The molecule has 1 aromatic carbocycles. The largest absolute Gasteiger partial charge is 0.497 e. The van der Waals surface area contributed by atoms with E-state index in [0.717, 1.165) is 23.3 Å². The number of benzene rings is 1. The van der Waals surface area contributed by atoms with Crippen LogP contribution in [0.4, 0.5) is 0 Å². The molecule has 1 atom stereocenters. The van der Waals surface area contributed by atoms with Gasteiger partial charge in [-0.1, -0.05) is 6.07 Å². The third-order valence-electron chi connectivity index (χ3n) is 2.92. The average Bonchev–Trinajstić information content (AvgIpc) is 2.56. The minimum Gasteiger partial charge on any atom is -0.497 e. The summed E-state index contributed by atoms with van der Waals surface area (Å²) in [6.07, 6.45) is 0.811. The number of carbonyl (C=O) groups is 1. The third kappa shape index (κ3) is 2.06. The Balaban J connectivity index is 0.00000128. The van der Waals surface area contributed by atoms with Crippen molar-refractivity contribution in [3.05, 3.63) is 29.3 Å². The van der Waals surface area contributed by atoms with Crippen molar-refractivity contribution in [3.63, 3.8) is 0 Å². The minimum absolute atomic E-state index is 0. The van der Waals surface area contributed by atoms with E-state index in [1.165, 1.54) is 0 Å². The van der Waals surface area contributed by atoms with Crippen LogP contribution in [0, 0.1) is 0 Å².